The monoisotopic (exact) mass is 158 g/mol. The largest absolute Gasteiger partial charge is 0.355 e. The Morgan fingerprint density at radius 2 is 1.91 bits per heavy atom. The van der Waals surface area contributed by atoms with E-state index < -0.39 is 0 Å². The van der Waals surface area contributed by atoms with Gasteiger partial charge in [-0.1, -0.05) is 6.92 Å². The average molecular weight is 158 g/mol. The highest BCUT2D eigenvalue weighted by Gasteiger charge is 1.98. The molecule has 0 aliphatic carbocycles. The number of amides is 2. The molecule has 0 atom stereocenters. The van der Waals surface area contributed by atoms with Gasteiger partial charge >= 0.3 is 0 Å². The second kappa shape index (κ2) is 5.70. The SMILES string of the molecule is CCCNC(=O)CNC(C)=O. The van der Waals surface area contributed by atoms with Crippen LogP contribution in [0.25, 0.3) is 0 Å². The fourth-order valence-corrected chi connectivity index (χ4v) is 0.532. The molecule has 0 spiro atoms. The van der Waals surface area contributed by atoms with Crippen molar-refractivity contribution in [2.45, 2.75) is 20.3 Å². The molecule has 0 saturated carbocycles. The van der Waals surface area contributed by atoms with E-state index in [-0.39, 0.29) is 18.4 Å². The maximum atomic E-state index is 10.8. The first kappa shape index (κ1) is 9.94. The first-order chi connectivity index (χ1) is 5.16. The number of nitrogens with one attached hydrogen (secondary N) is 2. The summed E-state index contributed by atoms with van der Waals surface area (Å²) in [6.45, 7) is 4.10. The molecule has 64 valence electrons. The summed E-state index contributed by atoms with van der Waals surface area (Å²) < 4.78 is 0. The summed E-state index contributed by atoms with van der Waals surface area (Å²) in [5, 5.41) is 5.04. The van der Waals surface area contributed by atoms with E-state index in [2.05, 4.69) is 10.6 Å². The van der Waals surface area contributed by atoms with E-state index in [1.165, 1.54) is 6.92 Å². The van der Waals surface area contributed by atoms with Gasteiger partial charge < -0.3 is 10.6 Å². The number of carbonyl (C=O) groups excluding carboxylic acids is 2. The number of hydrogen-bond donors (Lipinski definition) is 2. The molecule has 2 N–H and O–H groups in total. The van der Waals surface area contributed by atoms with E-state index in [4.69, 9.17) is 0 Å². The summed E-state index contributed by atoms with van der Waals surface area (Å²) in [5.41, 5.74) is 0. The Balaban J connectivity index is 3.30. The fraction of sp³-hybridized carbons (Fsp3) is 0.714. The molecule has 11 heavy (non-hydrogen) atoms. The molecule has 0 fully saturated rings. The van der Waals surface area contributed by atoms with Crippen LogP contribution in [0.3, 0.4) is 0 Å². The minimum Gasteiger partial charge on any atom is -0.355 e. The average Bonchev–Trinajstić information content (AvgIpc) is 1.97. The lowest BCUT2D eigenvalue weighted by Gasteiger charge is -2.02. The molecule has 0 radical (unpaired) electrons. The summed E-state index contributed by atoms with van der Waals surface area (Å²) >= 11 is 0. The van der Waals surface area contributed by atoms with Crippen LogP contribution in [-0.4, -0.2) is 24.9 Å². The van der Waals surface area contributed by atoms with Gasteiger partial charge in [0.2, 0.25) is 11.8 Å². The van der Waals surface area contributed by atoms with Crippen LogP contribution >= 0.6 is 0 Å². The standard InChI is InChI=1S/C7H14N2O2/c1-3-4-8-7(11)5-9-6(2)10/h3-5H2,1-2H3,(H,8,11)(H,9,10). The molecule has 0 aromatic rings. The Kier molecular flexibility index (Phi) is 5.15. The van der Waals surface area contributed by atoms with Gasteiger partial charge in [0.25, 0.3) is 0 Å². The van der Waals surface area contributed by atoms with Crippen molar-refractivity contribution < 1.29 is 9.59 Å². The normalized spacial score (nSPS) is 8.91. The lowest BCUT2D eigenvalue weighted by molar-refractivity contribution is -0.125. The third-order valence-corrected chi connectivity index (χ3v) is 1.07. The van der Waals surface area contributed by atoms with Crippen molar-refractivity contribution in [3.05, 3.63) is 0 Å². The maximum Gasteiger partial charge on any atom is 0.239 e. The molecule has 0 saturated heterocycles. The van der Waals surface area contributed by atoms with Gasteiger partial charge in [-0.25, -0.2) is 0 Å². The Bertz CT molecular complexity index is 145. The van der Waals surface area contributed by atoms with Gasteiger partial charge in [-0.3, -0.25) is 9.59 Å². The van der Waals surface area contributed by atoms with Crippen molar-refractivity contribution >= 4 is 11.8 Å². The molecule has 4 heteroatoms. The zero-order valence-corrected chi connectivity index (χ0v) is 6.94. The molecule has 0 aliphatic heterocycles. The number of rotatable bonds is 4. The molecule has 0 aromatic heterocycles. The van der Waals surface area contributed by atoms with Gasteiger partial charge in [0.1, 0.15) is 0 Å². The third-order valence-electron chi connectivity index (χ3n) is 1.07. The Labute approximate surface area is 66.4 Å². The topological polar surface area (TPSA) is 58.2 Å². The minimum atomic E-state index is -0.184. The molecule has 0 bridgehead atoms. The fourth-order valence-electron chi connectivity index (χ4n) is 0.532. The molecule has 2 amide bonds. The first-order valence-electron chi connectivity index (χ1n) is 3.68. The van der Waals surface area contributed by atoms with Gasteiger partial charge in [0.05, 0.1) is 6.54 Å². The van der Waals surface area contributed by atoms with Gasteiger partial charge in [-0.15, -0.1) is 0 Å². The first-order valence-corrected chi connectivity index (χ1v) is 3.68. The van der Waals surface area contributed by atoms with E-state index in [9.17, 15) is 9.59 Å². The van der Waals surface area contributed by atoms with Gasteiger partial charge in [0.15, 0.2) is 0 Å². The zero-order valence-electron chi connectivity index (χ0n) is 6.94. The smallest absolute Gasteiger partial charge is 0.239 e. The Morgan fingerprint density at radius 3 is 2.36 bits per heavy atom. The van der Waals surface area contributed by atoms with Crippen molar-refractivity contribution in [3.8, 4) is 0 Å². The predicted octanol–water partition coefficient (Wildman–Crippen LogP) is -0.351. The summed E-state index contributed by atoms with van der Waals surface area (Å²) in [6, 6.07) is 0. The van der Waals surface area contributed by atoms with Gasteiger partial charge in [0, 0.05) is 13.5 Å². The molecule has 0 aliphatic rings. The van der Waals surface area contributed by atoms with Crippen LogP contribution in [0.2, 0.25) is 0 Å². The van der Waals surface area contributed by atoms with E-state index in [0.29, 0.717) is 6.54 Å². The summed E-state index contributed by atoms with van der Waals surface area (Å²) in [7, 11) is 0. The molecular weight excluding hydrogens is 144 g/mol. The van der Waals surface area contributed by atoms with Crippen LogP contribution in [0.1, 0.15) is 20.3 Å². The van der Waals surface area contributed by atoms with Crippen LogP contribution in [0.5, 0.6) is 0 Å². The zero-order chi connectivity index (χ0) is 8.69. The molecule has 4 nitrogen and oxygen atoms in total. The highest BCUT2D eigenvalue weighted by atomic mass is 16.2. The van der Waals surface area contributed by atoms with Gasteiger partial charge in [-0.05, 0) is 6.42 Å². The van der Waals surface area contributed by atoms with Crippen molar-refractivity contribution in [1.82, 2.24) is 10.6 Å². The van der Waals surface area contributed by atoms with Crippen LogP contribution in [-0.2, 0) is 9.59 Å². The molecule has 0 rings (SSSR count). The Hall–Kier alpha value is -1.06. The van der Waals surface area contributed by atoms with Crippen molar-refractivity contribution in [3.63, 3.8) is 0 Å². The molecule has 0 heterocycles. The van der Waals surface area contributed by atoms with Gasteiger partial charge in [-0.2, -0.15) is 0 Å². The van der Waals surface area contributed by atoms with Crippen LogP contribution in [0.15, 0.2) is 0 Å². The molecular formula is C7H14N2O2. The number of hydrogen-bond acceptors (Lipinski definition) is 2. The lowest BCUT2D eigenvalue weighted by Crippen LogP contribution is -2.36. The highest BCUT2D eigenvalue weighted by Crippen LogP contribution is 1.70. The number of carbonyl (C=O) groups is 2. The van der Waals surface area contributed by atoms with Crippen molar-refractivity contribution in [1.29, 1.82) is 0 Å². The summed E-state index contributed by atoms with van der Waals surface area (Å²) in [5.74, 6) is -0.321. The van der Waals surface area contributed by atoms with E-state index in [0.717, 1.165) is 6.42 Å². The van der Waals surface area contributed by atoms with Crippen molar-refractivity contribution in [2.24, 2.45) is 0 Å². The second-order valence-corrected chi connectivity index (χ2v) is 2.26. The predicted molar refractivity (Wildman–Crippen MR) is 42.0 cm³/mol. The third kappa shape index (κ3) is 6.83. The quantitative estimate of drug-likeness (QED) is 0.587. The highest BCUT2D eigenvalue weighted by molar-refractivity contribution is 5.83. The molecule has 0 aromatic carbocycles. The van der Waals surface area contributed by atoms with E-state index in [1.807, 2.05) is 6.92 Å². The van der Waals surface area contributed by atoms with Crippen LogP contribution in [0, 0.1) is 0 Å². The molecule has 0 unspecified atom stereocenters. The lowest BCUT2D eigenvalue weighted by atomic mass is 10.4. The summed E-state index contributed by atoms with van der Waals surface area (Å²) in [6.07, 6.45) is 0.909. The van der Waals surface area contributed by atoms with E-state index >= 15 is 0 Å². The Morgan fingerprint density at radius 1 is 1.27 bits per heavy atom. The second-order valence-electron chi connectivity index (χ2n) is 2.26. The summed E-state index contributed by atoms with van der Waals surface area (Å²) in [4.78, 5) is 21.1. The van der Waals surface area contributed by atoms with E-state index in [1.54, 1.807) is 0 Å². The minimum absolute atomic E-state index is 0.0787. The van der Waals surface area contributed by atoms with Crippen LogP contribution < -0.4 is 10.6 Å². The maximum absolute atomic E-state index is 10.8. The van der Waals surface area contributed by atoms with Crippen LogP contribution in [0.4, 0.5) is 0 Å². The van der Waals surface area contributed by atoms with Crippen molar-refractivity contribution in [2.75, 3.05) is 13.1 Å².